The molecule has 0 spiro atoms. The molecule has 0 atom stereocenters. The molecular weight excluding hydrogens is 312 g/mol. The van der Waals surface area contributed by atoms with Crippen molar-refractivity contribution in [2.45, 2.75) is 25.2 Å². The summed E-state index contributed by atoms with van der Waals surface area (Å²) in [6, 6.07) is 13.5. The summed E-state index contributed by atoms with van der Waals surface area (Å²) in [5, 5.41) is 3.24. The SMILES string of the molecule is CCCNc1ccc(NS(=O)(=O)c2ccc(OCC)cc2)cc1. The second kappa shape index (κ2) is 7.87. The Hall–Kier alpha value is -2.21. The van der Waals surface area contributed by atoms with E-state index in [2.05, 4.69) is 17.0 Å². The number of hydrogen-bond acceptors (Lipinski definition) is 4. The van der Waals surface area contributed by atoms with E-state index in [1.165, 1.54) is 12.1 Å². The number of nitrogens with one attached hydrogen (secondary N) is 2. The van der Waals surface area contributed by atoms with Gasteiger partial charge in [0.25, 0.3) is 10.0 Å². The van der Waals surface area contributed by atoms with Gasteiger partial charge in [0, 0.05) is 17.9 Å². The second-order valence-corrected chi connectivity index (χ2v) is 6.70. The molecule has 124 valence electrons. The molecule has 0 aliphatic rings. The molecule has 0 aliphatic carbocycles. The normalized spacial score (nSPS) is 11.0. The van der Waals surface area contributed by atoms with Crippen molar-refractivity contribution in [3.05, 3.63) is 48.5 Å². The Morgan fingerprint density at radius 1 is 0.913 bits per heavy atom. The maximum absolute atomic E-state index is 12.4. The quantitative estimate of drug-likeness (QED) is 0.772. The van der Waals surface area contributed by atoms with E-state index in [-0.39, 0.29) is 4.90 Å². The lowest BCUT2D eigenvalue weighted by atomic mass is 10.3. The Kier molecular flexibility index (Phi) is 5.87. The van der Waals surface area contributed by atoms with Gasteiger partial charge in [0.2, 0.25) is 0 Å². The molecule has 0 bridgehead atoms. The first-order valence-corrected chi connectivity index (χ1v) is 9.13. The highest BCUT2D eigenvalue weighted by Crippen LogP contribution is 2.20. The van der Waals surface area contributed by atoms with E-state index in [1.54, 1.807) is 24.3 Å². The molecule has 6 heteroatoms. The molecule has 0 aromatic heterocycles. The van der Waals surface area contributed by atoms with E-state index in [1.807, 2.05) is 19.1 Å². The lowest BCUT2D eigenvalue weighted by Gasteiger charge is -2.10. The predicted octanol–water partition coefficient (Wildman–Crippen LogP) is 3.71. The third kappa shape index (κ3) is 4.89. The Balaban J connectivity index is 2.08. The Morgan fingerprint density at radius 2 is 1.52 bits per heavy atom. The summed E-state index contributed by atoms with van der Waals surface area (Å²) in [5.74, 6) is 0.651. The summed E-state index contributed by atoms with van der Waals surface area (Å²) in [7, 11) is -3.60. The van der Waals surface area contributed by atoms with Gasteiger partial charge in [0.15, 0.2) is 0 Å². The van der Waals surface area contributed by atoms with Gasteiger partial charge in [-0.2, -0.15) is 0 Å². The van der Waals surface area contributed by atoms with Crippen molar-refractivity contribution in [2.24, 2.45) is 0 Å². The standard InChI is InChI=1S/C17H22N2O3S/c1-3-13-18-14-5-7-15(8-6-14)19-23(20,21)17-11-9-16(10-12-17)22-4-2/h5-12,18-19H,3-4,13H2,1-2H3. The molecule has 2 aromatic carbocycles. The van der Waals surface area contributed by atoms with Crippen molar-refractivity contribution in [2.75, 3.05) is 23.2 Å². The minimum absolute atomic E-state index is 0.203. The molecule has 0 unspecified atom stereocenters. The zero-order chi connectivity index (χ0) is 16.7. The molecule has 2 N–H and O–H groups in total. The highest BCUT2D eigenvalue weighted by molar-refractivity contribution is 7.92. The summed E-state index contributed by atoms with van der Waals surface area (Å²) in [6.45, 7) is 5.40. The first kappa shape index (κ1) is 17.1. The van der Waals surface area contributed by atoms with Crippen LogP contribution in [0.2, 0.25) is 0 Å². The summed E-state index contributed by atoms with van der Waals surface area (Å²) in [5.41, 5.74) is 1.50. The average molecular weight is 334 g/mol. The van der Waals surface area contributed by atoms with Crippen molar-refractivity contribution in [1.29, 1.82) is 0 Å². The van der Waals surface area contributed by atoms with Gasteiger partial charge in [-0.1, -0.05) is 6.92 Å². The van der Waals surface area contributed by atoms with Gasteiger partial charge in [-0.05, 0) is 61.9 Å². The zero-order valence-corrected chi connectivity index (χ0v) is 14.2. The summed E-state index contributed by atoms with van der Waals surface area (Å²) >= 11 is 0. The van der Waals surface area contributed by atoms with Crippen LogP contribution < -0.4 is 14.8 Å². The fraction of sp³-hybridized carbons (Fsp3) is 0.294. The minimum Gasteiger partial charge on any atom is -0.494 e. The predicted molar refractivity (Wildman–Crippen MR) is 93.6 cm³/mol. The largest absolute Gasteiger partial charge is 0.494 e. The van der Waals surface area contributed by atoms with E-state index in [0.29, 0.717) is 18.0 Å². The van der Waals surface area contributed by atoms with Gasteiger partial charge in [-0.25, -0.2) is 8.42 Å². The van der Waals surface area contributed by atoms with Crippen LogP contribution in [-0.4, -0.2) is 21.6 Å². The third-order valence-electron chi connectivity index (χ3n) is 3.16. The molecule has 23 heavy (non-hydrogen) atoms. The van der Waals surface area contributed by atoms with Crippen LogP contribution in [0, 0.1) is 0 Å². The fourth-order valence-corrected chi connectivity index (χ4v) is 3.08. The van der Waals surface area contributed by atoms with Gasteiger partial charge in [0.05, 0.1) is 11.5 Å². The minimum atomic E-state index is -3.60. The second-order valence-electron chi connectivity index (χ2n) is 5.01. The highest BCUT2D eigenvalue weighted by Gasteiger charge is 2.14. The molecule has 5 nitrogen and oxygen atoms in total. The number of benzene rings is 2. The van der Waals surface area contributed by atoms with Crippen molar-refractivity contribution in [3.8, 4) is 5.75 Å². The Morgan fingerprint density at radius 3 is 2.09 bits per heavy atom. The summed E-state index contributed by atoms with van der Waals surface area (Å²) < 4.78 is 32.6. The van der Waals surface area contributed by atoms with Crippen LogP contribution in [0.25, 0.3) is 0 Å². The number of rotatable bonds is 8. The molecule has 2 rings (SSSR count). The summed E-state index contributed by atoms with van der Waals surface area (Å²) in [4.78, 5) is 0.203. The van der Waals surface area contributed by atoms with Crippen molar-refractivity contribution in [3.63, 3.8) is 0 Å². The topological polar surface area (TPSA) is 67.4 Å². The van der Waals surface area contributed by atoms with Crippen LogP contribution in [0.15, 0.2) is 53.4 Å². The lowest BCUT2D eigenvalue weighted by Crippen LogP contribution is -2.13. The fourth-order valence-electron chi connectivity index (χ4n) is 2.02. The zero-order valence-electron chi connectivity index (χ0n) is 13.4. The molecule has 0 aliphatic heterocycles. The third-order valence-corrected chi connectivity index (χ3v) is 4.56. The van der Waals surface area contributed by atoms with E-state index in [0.717, 1.165) is 18.7 Å². The summed E-state index contributed by atoms with van der Waals surface area (Å²) in [6.07, 6.45) is 1.03. The molecule has 0 heterocycles. The Bertz CT molecular complexity index is 711. The van der Waals surface area contributed by atoms with Crippen molar-refractivity contribution >= 4 is 21.4 Å². The van der Waals surface area contributed by atoms with Gasteiger partial charge in [-0.15, -0.1) is 0 Å². The number of sulfonamides is 1. The van der Waals surface area contributed by atoms with Gasteiger partial charge in [-0.3, -0.25) is 4.72 Å². The molecule has 0 saturated heterocycles. The molecule has 0 saturated carbocycles. The van der Waals surface area contributed by atoms with E-state index in [9.17, 15) is 8.42 Å². The van der Waals surface area contributed by atoms with Gasteiger partial charge >= 0.3 is 0 Å². The van der Waals surface area contributed by atoms with E-state index < -0.39 is 10.0 Å². The number of hydrogen-bond donors (Lipinski definition) is 2. The first-order valence-electron chi connectivity index (χ1n) is 7.64. The smallest absolute Gasteiger partial charge is 0.261 e. The van der Waals surface area contributed by atoms with Crippen LogP contribution in [0.1, 0.15) is 20.3 Å². The van der Waals surface area contributed by atoms with Crippen LogP contribution >= 0.6 is 0 Å². The van der Waals surface area contributed by atoms with Crippen LogP contribution in [-0.2, 0) is 10.0 Å². The van der Waals surface area contributed by atoms with Crippen LogP contribution in [0.5, 0.6) is 5.75 Å². The molecular formula is C17H22N2O3S. The van der Waals surface area contributed by atoms with E-state index in [4.69, 9.17) is 4.74 Å². The average Bonchev–Trinajstić information content (AvgIpc) is 2.55. The van der Waals surface area contributed by atoms with Crippen molar-refractivity contribution in [1.82, 2.24) is 0 Å². The first-order chi connectivity index (χ1) is 11.0. The Labute approximate surface area is 137 Å². The van der Waals surface area contributed by atoms with Crippen molar-refractivity contribution < 1.29 is 13.2 Å². The maximum Gasteiger partial charge on any atom is 0.261 e. The monoisotopic (exact) mass is 334 g/mol. The van der Waals surface area contributed by atoms with Crippen LogP contribution in [0.4, 0.5) is 11.4 Å². The number of anilines is 2. The highest BCUT2D eigenvalue weighted by atomic mass is 32.2. The molecule has 0 amide bonds. The molecule has 2 aromatic rings. The van der Waals surface area contributed by atoms with Gasteiger partial charge < -0.3 is 10.1 Å². The number of ether oxygens (including phenoxy) is 1. The van der Waals surface area contributed by atoms with Crippen LogP contribution in [0.3, 0.4) is 0 Å². The maximum atomic E-state index is 12.4. The lowest BCUT2D eigenvalue weighted by molar-refractivity contribution is 0.340. The van der Waals surface area contributed by atoms with Gasteiger partial charge in [0.1, 0.15) is 5.75 Å². The van der Waals surface area contributed by atoms with E-state index >= 15 is 0 Å². The molecule has 0 fully saturated rings. The molecule has 0 radical (unpaired) electrons.